The molecule has 0 atom stereocenters. The number of anilines is 1. The highest BCUT2D eigenvalue weighted by Crippen LogP contribution is 2.37. The summed E-state index contributed by atoms with van der Waals surface area (Å²) in [5.74, 6) is -0.644. The van der Waals surface area contributed by atoms with Gasteiger partial charge in [-0.2, -0.15) is 0 Å². The van der Waals surface area contributed by atoms with E-state index >= 15 is 0 Å². The first-order chi connectivity index (χ1) is 10.2. The quantitative estimate of drug-likeness (QED) is 0.783. The molecule has 0 saturated heterocycles. The molecule has 0 unspecified atom stereocenters. The summed E-state index contributed by atoms with van der Waals surface area (Å²) in [4.78, 5) is 15.8. The maximum absolute atomic E-state index is 11.5. The third-order valence-electron chi connectivity index (χ3n) is 4.36. The van der Waals surface area contributed by atoms with Gasteiger partial charge < -0.3 is 15.5 Å². The Morgan fingerprint density at radius 3 is 2.81 bits per heavy atom. The average Bonchev–Trinajstić information content (AvgIpc) is 3.09. The number of fused-ring (bicyclic) bond motifs is 1. The van der Waals surface area contributed by atoms with Gasteiger partial charge in [0.15, 0.2) is 11.5 Å². The van der Waals surface area contributed by atoms with Crippen molar-refractivity contribution in [2.24, 2.45) is 5.41 Å². The third-order valence-corrected chi connectivity index (χ3v) is 4.36. The Balaban J connectivity index is 1.90. The van der Waals surface area contributed by atoms with Crippen LogP contribution in [0.1, 0.15) is 36.2 Å². The molecule has 112 valence electrons. The third kappa shape index (κ3) is 2.47. The second kappa shape index (κ2) is 5.37. The van der Waals surface area contributed by atoms with Gasteiger partial charge in [0.25, 0.3) is 0 Å². The van der Waals surface area contributed by atoms with Crippen molar-refractivity contribution in [3.8, 4) is 0 Å². The fourth-order valence-electron chi connectivity index (χ4n) is 3.11. The van der Waals surface area contributed by atoms with Gasteiger partial charge in [0.2, 0.25) is 0 Å². The molecule has 0 aliphatic heterocycles. The van der Waals surface area contributed by atoms with Crippen LogP contribution in [0, 0.1) is 5.41 Å². The predicted molar refractivity (Wildman–Crippen MR) is 78.6 cm³/mol. The number of imidazole rings is 1. The molecule has 6 heteroatoms. The predicted octanol–water partition coefficient (Wildman–Crippen LogP) is 2.00. The molecule has 0 spiro atoms. The highest BCUT2D eigenvalue weighted by molar-refractivity contribution is 5.92. The lowest BCUT2D eigenvalue weighted by Crippen LogP contribution is -2.31. The van der Waals surface area contributed by atoms with Crippen LogP contribution in [0.4, 0.5) is 5.82 Å². The van der Waals surface area contributed by atoms with Gasteiger partial charge in [0, 0.05) is 18.2 Å². The summed E-state index contributed by atoms with van der Waals surface area (Å²) >= 11 is 0. The number of carboxylic acid groups (broad SMARTS) is 1. The first kappa shape index (κ1) is 13.9. The fraction of sp³-hybridized carbons (Fsp3) is 0.467. The van der Waals surface area contributed by atoms with Crippen molar-refractivity contribution >= 4 is 17.4 Å². The minimum absolute atomic E-state index is 0.121. The number of aromatic nitrogens is 2. The smallest absolute Gasteiger partial charge is 0.356 e. The molecular weight excluding hydrogens is 270 g/mol. The SMILES string of the molecule is O=C(O)c1c(NCC2(CO)CCCC2)nc2ccccn12. The fourth-order valence-corrected chi connectivity index (χ4v) is 3.11. The van der Waals surface area contributed by atoms with Crippen LogP contribution in [0.25, 0.3) is 5.65 Å². The molecule has 0 bridgehead atoms. The summed E-state index contributed by atoms with van der Waals surface area (Å²) in [6.45, 7) is 0.670. The molecule has 0 radical (unpaired) electrons. The van der Waals surface area contributed by atoms with Crippen LogP contribution in [0.2, 0.25) is 0 Å². The Bertz CT molecular complexity index is 659. The topological polar surface area (TPSA) is 86.9 Å². The molecule has 1 aliphatic rings. The number of rotatable bonds is 5. The zero-order chi connectivity index (χ0) is 14.9. The largest absolute Gasteiger partial charge is 0.476 e. The number of hydrogen-bond acceptors (Lipinski definition) is 4. The summed E-state index contributed by atoms with van der Waals surface area (Å²) in [7, 11) is 0. The first-order valence-corrected chi connectivity index (χ1v) is 7.20. The minimum atomic E-state index is -1.01. The van der Waals surface area contributed by atoms with Gasteiger partial charge in [-0.15, -0.1) is 0 Å². The van der Waals surface area contributed by atoms with E-state index in [0.717, 1.165) is 25.7 Å². The molecule has 2 heterocycles. The van der Waals surface area contributed by atoms with Gasteiger partial charge in [-0.05, 0) is 25.0 Å². The van der Waals surface area contributed by atoms with E-state index in [1.807, 2.05) is 6.07 Å². The second-order valence-electron chi connectivity index (χ2n) is 5.76. The van der Waals surface area contributed by atoms with Crippen LogP contribution >= 0.6 is 0 Å². The Labute approximate surface area is 122 Å². The summed E-state index contributed by atoms with van der Waals surface area (Å²) in [5, 5.41) is 22.2. The van der Waals surface area contributed by atoms with Crippen LogP contribution in [-0.4, -0.2) is 38.7 Å². The molecule has 0 amide bonds. The standard InChI is InChI=1S/C15H19N3O3/c19-10-15(6-2-3-7-15)9-16-13-12(14(20)21)18-8-4-1-5-11(18)17-13/h1,4-5,8,16,19H,2-3,6-7,9-10H2,(H,20,21). The molecule has 3 N–H and O–H groups in total. The lowest BCUT2D eigenvalue weighted by atomic mass is 9.87. The maximum atomic E-state index is 11.5. The van der Waals surface area contributed by atoms with E-state index in [4.69, 9.17) is 0 Å². The Hall–Kier alpha value is -2.08. The number of hydrogen-bond donors (Lipinski definition) is 3. The summed E-state index contributed by atoms with van der Waals surface area (Å²) in [5.41, 5.74) is 0.588. The highest BCUT2D eigenvalue weighted by Gasteiger charge is 2.33. The van der Waals surface area contributed by atoms with Gasteiger partial charge in [-0.25, -0.2) is 9.78 Å². The first-order valence-electron chi connectivity index (χ1n) is 7.20. The Morgan fingerprint density at radius 2 is 2.14 bits per heavy atom. The number of carboxylic acids is 1. The number of aromatic carboxylic acids is 1. The van der Waals surface area contributed by atoms with Crippen molar-refractivity contribution in [1.29, 1.82) is 0 Å². The van der Waals surface area contributed by atoms with Gasteiger partial charge in [0.05, 0.1) is 6.61 Å². The Morgan fingerprint density at radius 1 is 1.38 bits per heavy atom. The van der Waals surface area contributed by atoms with E-state index < -0.39 is 5.97 Å². The average molecular weight is 289 g/mol. The summed E-state index contributed by atoms with van der Waals surface area (Å²) < 4.78 is 1.56. The van der Waals surface area contributed by atoms with Crippen LogP contribution < -0.4 is 5.32 Å². The van der Waals surface area contributed by atoms with Crippen LogP contribution in [0.5, 0.6) is 0 Å². The molecule has 6 nitrogen and oxygen atoms in total. The minimum Gasteiger partial charge on any atom is -0.476 e. The van der Waals surface area contributed by atoms with Crippen molar-refractivity contribution < 1.29 is 15.0 Å². The number of aliphatic hydroxyl groups excluding tert-OH is 1. The molecule has 0 aromatic carbocycles. The van der Waals surface area contributed by atoms with E-state index in [0.29, 0.717) is 18.0 Å². The van der Waals surface area contributed by atoms with E-state index in [9.17, 15) is 15.0 Å². The number of pyridine rings is 1. The number of nitrogens with one attached hydrogen (secondary N) is 1. The number of aliphatic hydroxyl groups is 1. The van der Waals surface area contributed by atoms with Crippen LogP contribution in [-0.2, 0) is 0 Å². The van der Waals surface area contributed by atoms with E-state index in [-0.39, 0.29) is 17.7 Å². The molecule has 1 saturated carbocycles. The Kier molecular flexibility index (Phi) is 3.55. The van der Waals surface area contributed by atoms with E-state index in [1.165, 1.54) is 0 Å². The van der Waals surface area contributed by atoms with Crippen molar-refractivity contribution in [1.82, 2.24) is 9.38 Å². The van der Waals surface area contributed by atoms with Gasteiger partial charge >= 0.3 is 5.97 Å². The molecule has 1 aliphatic carbocycles. The molecular formula is C15H19N3O3. The van der Waals surface area contributed by atoms with Crippen molar-refractivity contribution in [2.75, 3.05) is 18.5 Å². The van der Waals surface area contributed by atoms with Crippen molar-refractivity contribution in [2.45, 2.75) is 25.7 Å². The monoisotopic (exact) mass is 289 g/mol. The van der Waals surface area contributed by atoms with Gasteiger partial charge in [-0.3, -0.25) is 4.40 Å². The van der Waals surface area contributed by atoms with Gasteiger partial charge in [0.1, 0.15) is 5.65 Å². The summed E-state index contributed by atoms with van der Waals surface area (Å²) in [6.07, 6.45) is 5.84. The lowest BCUT2D eigenvalue weighted by Gasteiger charge is -2.26. The zero-order valence-electron chi connectivity index (χ0n) is 11.7. The molecule has 2 aromatic heterocycles. The summed E-state index contributed by atoms with van der Waals surface area (Å²) in [6, 6.07) is 5.37. The number of carbonyl (C=O) groups is 1. The number of nitrogens with zero attached hydrogens (tertiary/aromatic N) is 2. The van der Waals surface area contributed by atoms with Crippen LogP contribution in [0.3, 0.4) is 0 Å². The second-order valence-corrected chi connectivity index (χ2v) is 5.76. The highest BCUT2D eigenvalue weighted by atomic mass is 16.4. The molecule has 3 rings (SSSR count). The zero-order valence-corrected chi connectivity index (χ0v) is 11.7. The van der Waals surface area contributed by atoms with Gasteiger partial charge in [-0.1, -0.05) is 18.9 Å². The molecule has 1 fully saturated rings. The molecule has 2 aromatic rings. The van der Waals surface area contributed by atoms with Crippen LogP contribution in [0.15, 0.2) is 24.4 Å². The normalized spacial score (nSPS) is 17.2. The van der Waals surface area contributed by atoms with Crippen molar-refractivity contribution in [3.63, 3.8) is 0 Å². The van der Waals surface area contributed by atoms with Crippen molar-refractivity contribution in [3.05, 3.63) is 30.1 Å². The lowest BCUT2D eigenvalue weighted by molar-refractivity contribution is 0.0690. The van der Waals surface area contributed by atoms with E-state index in [2.05, 4.69) is 10.3 Å². The van der Waals surface area contributed by atoms with E-state index in [1.54, 1.807) is 22.7 Å². The molecule has 21 heavy (non-hydrogen) atoms. The maximum Gasteiger partial charge on any atom is 0.356 e.